The van der Waals surface area contributed by atoms with Crippen LogP contribution in [0.25, 0.3) is 43.6 Å². The third-order valence-electron chi connectivity index (χ3n) is 24.0. The predicted molar refractivity (Wildman–Crippen MR) is 494 cm³/mol. The molecule has 0 spiro atoms. The fourth-order valence-electron chi connectivity index (χ4n) is 17.3. The first-order chi connectivity index (χ1) is 61.6. The van der Waals surface area contributed by atoms with Crippen LogP contribution in [0, 0.1) is 60.7 Å². The molecule has 10 N–H and O–H groups in total. The van der Waals surface area contributed by atoms with E-state index >= 15 is 0 Å². The van der Waals surface area contributed by atoms with E-state index in [1.165, 1.54) is 162 Å². The van der Waals surface area contributed by atoms with Crippen LogP contribution in [0.1, 0.15) is 226 Å². The van der Waals surface area contributed by atoms with Crippen LogP contribution in [0.4, 0.5) is 10.8 Å². The molecule has 35 heteroatoms. The number of hydrogen-bond acceptors (Lipinski definition) is 26. The Kier molecular flexibility index (Phi) is 46.5. The second-order valence-corrected chi connectivity index (χ2v) is 34.5. The topological polar surface area (TPSA) is 464 Å². The summed E-state index contributed by atoms with van der Waals surface area (Å²) in [6.07, 6.45) is 41.1. The average Bonchev–Trinajstić information content (AvgIpc) is 0.811. The van der Waals surface area contributed by atoms with Gasteiger partial charge in [0.2, 0.25) is 0 Å². The maximum Gasteiger partial charge on any atom is 1.00 e. The summed E-state index contributed by atoms with van der Waals surface area (Å²) in [6.45, 7) is 0. The van der Waals surface area contributed by atoms with Crippen molar-refractivity contribution in [2.75, 3.05) is 32.8 Å². The smallest absolute Gasteiger partial charge is 0.870 e. The third kappa shape index (κ3) is 32.8. The zero-order valence-corrected chi connectivity index (χ0v) is 79.8. The molecule has 5 saturated carbocycles. The Hall–Kier alpha value is -10.0. The monoisotopic (exact) mass is 2020 g/mol. The number of H-pyrrole nitrogens is 1. The number of aliphatic carboxylic acids is 1. The van der Waals surface area contributed by atoms with E-state index in [2.05, 4.69) is 52.8 Å². The predicted octanol–water partition coefficient (Wildman–Crippen LogP) is 11.6. The van der Waals surface area contributed by atoms with Crippen molar-refractivity contribution in [3.8, 4) is 0 Å². The summed E-state index contributed by atoms with van der Waals surface area (Å²) in [7, 11) is 7.86. The molecular weight excluding hydrogens is 1900 g/mol. The minimum Gasteiger partial charge on any atom is -0.870 e. The van der Waals surface area contributed by atoms with Gasteiger partial charge in [-0.15, -0.1) is 22.7 Å². The molecule has 30 nitrogen and oxygen atoms in total. The number of ether oxygens (including phenoxy) is 3. The Morgan fingerprint density at radius 2 is 0.876 bits per heavy atom. The first-order valence-corrected chi connectivity index (χ1v) is 45.3. The van der Waals surface area contributed by atoms with Gasteiger partial charge in [0.1, 0.15) is 24.2 Å². The van der Waals surface area contributed by atoms with E-state index < -0.39 is 53.5 Å². The summed E-state index contributed by atoms with van der Waals surface area (Å²) in [5.41, 5.74) is 18.7. The van der Waals surface area contributed by atoms with Crippen molar-refractivity contribution in [3.05, 3.63) is 226 Å². The van der Waals surface area contributed by atoms with Gasteiger partial charge in [0.05, 0.1) is 107 Å². The molecule has 5 aliphatic rings. The van der Waals surface area contributed by atoms with Crippen molar-refractivity contribution in [2.24, 2.45) is 35.3 Å². The van der Waals surface area contributed by atoms with Crippen LogP contribution < -0.4 is 69.4 Å². The number of carboxylic acids is 1. The molecule has 682 valence electrons. The number of para-hydroxylation sites is 5. The standard InChI is InChI=1S/C21H23N3O2S.C18H22N2O3.C17H20N2O3.C17H24N2O3.C10H19NO2.C8H5NO3.C3H4N2S.BH.Li.H2O.U/c25-19(13-20-22-10-11-27-20)18(12-15-6-2-1-3-7-15)24-14-23-17-9-5-4-8-16(17)21(24)26;1-23-18(22)16(11-13-7-3-2-4-8-13)20-12-19-15-10-6-5-9-14(15)17(20)21;20-16-13-8-4-5-9-14(13)18-11-19(16)15(17(21)22)10-12-6-2-1-3-7-12;1-22-17(21)15(11-12-7-3-2-4-8-12)19-16(20)13-9-5-6-10-14(13)18;1-13-10(12)9(11)7-8-5-3-2-4-6-8;10-7-5-3-1-2-4-6(5)9-8(11)12-7;4-3-5-1-2-6-3;;;;/h4-5,8-11,14-15,18H,1-3,6-7,12-13H2;5-6,9-10,12-13,16H,2-4,7-8,11H2,1H3;4-5,8-9,11-12,15H,1-3,6-7,10H2,(H,21,22);5-6,9-10,12,15H,2-4,7-8,11,18H2,1H3,(H,19,20);8-9H,2-7,11H2,1H3;1-4H,(H,9,11);1-2H,(H2,4,5);1H;;1H2;/q;;;;;;;;+1;;/p-1/t18-;16-;2*15-;9-;;;;;;/m00000....../s1/i;;;;;;;1T;;;. The van der Waals surface area contributed by atoms with Gasteiger partial charge in [0, 0.05) is 68.3 Å². The van der Waals surface area contributed by atoms with Gasteiger partial charge >= 0.3 is 54.1 Å². The van der Waals surface area contributed by atoms with Gasteiger partial charge in [-0.1, -0.05) is 221 Å². The molecule has 129 heavy (non-hydrogen) atoms. The van der Waals surface area contributed by atoms with Crippen LogP contribution in [-0.2, 0) is 44.6 Å². The molecule has 0 saturated heterocycles. The number of ketones is 1. The molecule has 1 amide bonds. The summed E-state index contributed by atoms with van der Waals surface area (Å²) < 4.78 is 28.2. The van der Waals surface area contributed by atoms with E-state index in [0.717, 1.165) is 75.6 Å². The Balaban J connectivity index is 0.000000239. The van der Waals surface area contributed by atoms with E-state index in [4.69, 9.17) is 28.0 Å². The van der Waals surface area contributed by atoms with Crippen molar-refractivity contribution in [2.45, 2.75) is 229 Å². The molecule has 6 aromatic heterocycles. The van der Waals surface area contributed by atoms with Crippen molar-refractivity contribution in [1.82, 2.24) is 48.9 Å². The quantitative estimate of drug-likeness (QED) is 0.0159. The largest absolute Gasteiger partial charge is 1.00 e. The van der Waals surface area contributed by atoms with E-state index in [1.807, 2.05) is 47.2 Å². The number of nitrogens with two attached hydrogens (primary N) is 3. The molecular formula is C94H119BLiN13O17S2U. The van der Waals surface area contributed by atoms with Crippen molar-refractivity contribution in [1.29, 1.82) is 1.34 Å². The molecule has 0 bridgehead atoms. The summed E-state index contributed by atoms with van der Waals surface area (Å²) in [5, 5.41) is 19.5. The molecule has 16 rings (SSSR count). The summed E-state index contributed by atoms with van der Waals surface area (Å²) in [5.74, 6) is -0.549. The van der Waals surface area contributed by atoms with E-state index in [9.17, 15) is 57.8 Å². The normalized spacial score (nSPS) is 15.9. The number of thiazole rings is 2. The average molecular weight is 2020 g/mol. The number of anilines is 2. The van der Waals surface area contributed by atoms with Gasteiger partial charge < -0.3 is 51.7 Å². The molecule has 5 aliphatic carbocycles. The molecule has 11 aromatic rings. The first kappa shape index (κ1) is 106. The summed E-state index contributed by atoms with van der Waals surface area (Å²) in [6, 6.07) is 32.2. The van der Waals surface area contributed by atoms with Gasteiger partial charge in [-0.3, -0.25) is 47.5 Å². The van der Waals surface area contributed by atoms with Crippen LogP contribution in [0.2, 0.25) is 0 Å². The molecule has 5 fully saturated rings. The summed E-state index contributed by atoms with van der Waals surface area (Å²) >= 11 is 2.93. The number of benzene rings is 5. The number of carbonyl (C=O) groups is 6. The number of nitrogen functional groups attached to an aromatic ring is 2. The van der Waals surface area contributed by atoms with Gasteiger partial charge in [0.15, 0.2) is 10.9 Å². The number of rotatable bonds is 22. The number of hydrogen-bond donors (Lipinski definition) is 6. The minimum absolute atomic E-state index is 0. The molecule has 0 aliphatic heterocycles. The zero-order valence-electron chi connectivity index (χ0n) is 75.0. The van der Waals surface area contributed by atoms with Crippen molar-refractivity contribution < 1.29 is 108 Å². The maximum atomic E-state index is 13.2. The first-order valence-electron chi connectivity index (χ1n) is 44.1. The van der Waals surface area contributed by atoms with Gasteiger partial charge in [0.25, 0.3) is 22.6 Å². The molecule has 0 unspecified atom stereocenters. The fraction of sp³-hybridized carbons (Fsp3) is 0.468. The number of nitrogens with one attached hydrogen (secondary N) is 2. The number of carboxylic acid groups (broad SMARTS) is 1. The van der Waals surface area contributed by atoms with Crippen LogP contribution in [0.3, 0.4) is 0 Å². The number of nitrogens with zero attached hydrogens (tertiary/aromatic N) is 8. The molecule has 5 atom stereocenters. The number of aromatic amines is 1. The van der Waals surface area contributed by atoms with E-state index in [1.54, 1.807) is 108 Å². The van der Waals surface area contributed by atoms with Crippen LogP contribution >= 0.6 is 22.7 Å². The SMILES string of the molecule is COC(=O)[C@@H](N)CC1CCCCC1.COC(=O)[C@H](CC1CCCCC1)NC(=O)c1ccccc1N.COC(=O)[C@H](CC1CCCCC1)n1cnc2ccccc2c1=O.Nc1nccs1.O=C(Cc1nccs1)[C@H](CC1CCCCC1)n1cnc2ccccc2c1=O.O=C(O)[C@H](CC1CCCCC1)n1cnc2ccccc2c1=O.O=c1[nH]c2ccccc2c(=O)o1.[3H][B].[Li+].[OH-].[U]. The molecule has 5 aromatic carbocycles. The molecule has 6 heterocycles. The number of Topliss-reactive ketones (excluding diaryl/α,β-unsaturated/α-hetero) is 1. The van der Waals surface area contributed by atoms with Crippen LogP contribution in [0.15, 0.2) is 192 Å². The van der Waals surface area contributed by atoms with Crippen LogP contribution in [-0.4, -0.2) is 133 Å². The van der Waals surface area contributed by atoms with E-state index in [0.29, 0.717) is 115 Å². The second-order valence-electron chi connectivity index (χ2n) is 32.6. The van der Waals surface area contributed by atoms with Crippen LogP contribution in [0.5, 0.6) is 0 Å². The summed E-state index contributed by atoms with van der Waals surface area (Å²) in [4.78, 5) is 156. The second kappa shape index (κ2) is 56.5. The van der Waals surface area contributed by atoms with Crippen molar-refractivity contribution >= 4 is 121 Å². The zero-order chi connectivity index (χ0) is 91.0. The Bertz CT molecular complexity index is 5630. The molecule has 2 radical (unpaired) electrons. The third-order valence-corrected chi connectivity index (χ3v) is 25.4. The van der Waals surface area contributed by atoms with Gasteiger partial charge in [-0.25, -0.2) is 48.9 Å². The van der Waals surface area contributed by atoms with E-state index in [-0.39, 0.29) is 102 Å². The number of amides is 1. The fourth-order valence-corrected chi connectivity index (χ4v) is 18.3. The minimum atomic E-state index is -0.954. The number of carbonyl (C=O) groups excluding carboxylic acids is 5. The Labute approximate surface area is 796 Å². The number of aromatic nitrogens is 9. The number of esters is 3. The Morgan fingerprint density at radius 1 is 0.496 bits per heavy atom. The Morgan fingerprint density at radius 3 is 1.29 bits per heavy atom. The maximum absolute atomic E-state index is 13.2. The number of methoxy groups -OCH3 is 3. The number of fused-ring (bicyclic) bond motifs is 4. The van der Waals surface area contributed by atoms with Gasteiger partial charge in [-0.2, -0.15) is 0 Å². The van der Waals surface area contributed by atoms with Gasteiger partial charge in [-0.05, 0) is 124 Å². The van der Waals surface area contributed by atoms with Crippen molar-refractivity contribution in [3.63, 3.8) is 0 Å².